The van der Waals surface area contributed by atoms with E-state index in [4.69, 9.17) is 5.73 Å². The summed E-state index contributed by atoms with van der Waals surface area (Å²) in [6.07, 6.45) is 1.69. The number of hydrogen-bond acceptors (Lipinski definition) is 2. The van der Waals surface area contributed by atoms with Crippen LogP contribution >= 0.6 is 0 Å². The van der Waals surface area contributed by atoms with E-state index in [1.54, 1.807) is 0 Å². The molecule has 0 aromatic rings. The molecule has 0 aliphatic heterocycles. The van der Waals surface area contributed by atoms with Crippen LogP contribution in [0.5, 0.6) is 0 Å². The molecule has 57 valence electrons. The predicted octanol–water partition coefficient (Wildman–Crippen LogP) is 0.945. The molecule has 3 nitrogen and oxygen atoms in total. The minimum absolute atomic E-state index is 0.0822. The number of carbonyl (C=O) groups is 2. The highest BCUT2D eigenvalue weighted by molar-refractivity contribution is 5.83. The van der Waals surface area contributed by atoms with E-state index in [1.807, 2.05) is 6.92 Å². The lowest BCUT2D eigenvalue weighted by Gasteiger charge is -1.93. The van der Waals surface area contributed by atoms with Gasteiger partial charge in [0.05, 0.1) is 0 Å². The second kappa shape index (κ2) is 4.97. The molecule has 10 heavy (non-hydrogen) atoms. The summed E-state index contributed by atoms with van der Waals surface area (Å²) in [5.74, 6) is -0.562. The van der Waals surface area contributed by atoms with Crippen molar-refractivity contribution in [3.8, 4) is 0 Å². The van der Waals surface area contributed by atoms with Crippen LogP contribution in [0.15, 0.2) is 0 Å². The van der Waals surface area contributed by atoms with Gasteiger partial charge >= 0.3 is 0 Å². The summed E-state index contributed by atoms with van der Waals surface area (Å²) in [6, 6.07) is 0. The fourth-order valence-electron chi connectivity index (χ4n) is 0.657. The van der Waals surface area contributed by atoms with Crippen LogP contribution in [0.3, 0.4) is 0 Å². The predicted molar refractivity (Wildman–Crippen MR) is 37.3 cm³/mol. The zero-order chi connectivity index (χ0) is 7.98. The van der Waals surface area contributed by atoms with Gasteiger partial charge in [0.15, 0.2) is 0 Å². The molecule has 0 saturated carbocycles. The van der Waals surface area contributed by atoms with Crippen LogP contribution < -0.4 is 5.73 Å². The van der Waals surface area contributed by atoms with Crippen LogP contribution in [0, 0.1) is 0 Å². The van der Waals surface area contributed by atoms with E-state index in [0.717, 1.165) is 6.42 Å². The standard InChI is InChI=1S/C7H12NO2/c1-2-3-6(9)4-5-7(8)10/h8H,2-5H2,1H3. The highest BCUT2D eigenvalue weighted by Gasteiger charge is 2.02. The molecule has 1 amide bonds. The van der Waals surface area contributed by atoms with Crippen LogP contribution in [0.4, 0.5) is 0 Å². The molecule has 0 saturated heterocycles. The maximum atomic E-state index is 10.7. The highest BCUT2D eigenvalue weighted by atomic mass is 16.1. The molecule has 0 spiro atoms. The molecule has 0 fully saturated rings. The summed E-state index contributed by atoms with van der Waals surface area (Å²) in [5.41, 5.74) is 6.51. The van der Waals surface area contributed by atoms with Gasteiger partial charge in [-0.15, -0.1) is 0 Å². The van der Waals surface area contributed by atoms with Crippen molar-refractivity contribution in [2.75, 3.05) is 0 Å². The SMILES string of the molecule is CCCC(=O)CCC([NH])=O. The van der Waals surface area contributed by atoms with Gasteiger partial charge in [0.1, 0.15) is 5.78 Å². The second-order valence-corrected chi connectivity index (χ2v) is 2.21. The minimum atomic E-state index is -0.649. The largest absolute Gasteiger partial charge is 0.300 e. The van der Waals surface area contributed by atoms with Gasteiger partial charge in [-0.05, 0) is 6.42 Å². The van der Waals surface area contributed by atoms with Gasteiger partial charge in [0.25, 0.3) is 0 Å². The lowest BCUT2D eigenvalue weighted by Crippen LogP contribution is -2.03. The Bertz CT molecular complexity index is 132. The van der Waals surface area contributed by atoms with Gasteiger partial charge in [-0.1, -0.05) is 6.92 Å². The molecule has 0 aromatic carbocycles. The van der Waals surface area contributed by atoms with Crippen molar-refractivity contribution in [1.29, 1.82) is 0 Å². The van der Waals surface area contributed by atoms with Crippen molar-refractivity contribution in [2.45, 2.75) is 32.6 Å². The molecule has 0 unspecified atom stereocenters. The van der Waals surface area contributed by atoms with Gasteiger partial charge in [-0.3, -0.25) is 15.3 Å². The number of hydrogen-bond donors (Lipinski definition) is 0. The lowest BCUT2D eigenvalue weighted by atomic mass is 10.1. The molecule has 1 N–H and O–H groups in total. The molecule has 0 atom stereocenters. The Balaban J connectivity index is 3.30. The Morgan fingerprint density at radius 3 is 2.20 bits per heavy atom. The monoisotopic (exact) mass is 142 g/mol. The summed E-state index contributed by atoms with van der Waals surface area (Å²) in [4.78, 5) is 20.8. The summed E-state index contributed by atoms with van der Waals surface area (Å²) < 4.78 is 0. The molecule has 3 heteroatoms. The molecular weight excluding hydrogens is 130 g/mol. The Labute approximate surface area is 60.6 Å². The van der Waals surface area contributed by atoms with E-state index in [9.17, 15) is 9.59 Å². The summed E-state index contributed by atoms with van der Waals surface area (Å²) >= 11 is 0. The number of Topliss-reactive ketones (excluding diaryl/α,β-unsaturated/α-hetero) is 1. The molecule has 0 heterocycles. The van der Waals surface area contributed by atoms with E-state index < -0.39 is 5.91 Å². The zero-order valence-electron chi connectivity index (χ0n) is 6.14. The summed E-state index contributed by atoms with van der Waals surface area (Å²) in [7, 11) is 0. The highest BCUT2D eigenvalue weighted by Crippen LogP contribution is 1.97. The van der Waals surface area contributed by atoms with Crippen molar-refractivity contribution in [3.63, 3.8) is 0 Å². The number of nitrogens with one attached hydrogen (secondary N) is 1. The first-order valence-electron chi connectivity index (χ1n) is 3.43. The van der Waals surface area contributed by atoms with Crippen LogP contribution in [0.1, 0.15) is 32.6 Å². The molecule has 1 radical (unpaired) electrons. The summed E-state index contributed by atoms with van der Waals surface area (Å²) in [6.45, 7) is 1.92. The Kier molecular flexibility index (Phi) is 4.54. The fraction of sp³-hybridized carbons (Fsp3) is 0.714. The van der Waals surface area contributed by atoms with Gasteiger partial charge in [0, 0.05) is 19.3 Å². The first-order chi connectivity index (χ1) is 4.66. The van der Waals surface area contributed by atoms with Crippen molar-refractivity contribution >= 4 is 11.7 Å². The van der Waals surface area contributed by atoms with Crippen molar-refractivity contribution in [2.24, 2.45) is 0 Å². The minimum Gasteiger partial charge on any atom is -0.300 e. The molecular formula is C7H12NO2. The third-order valence-electron chi connectivity index (χ3n) is 1.16. The third kappa shape index (κ3) is 5.28. The van der Waals surface area contributed by atoms with Crippen LogP contribution in [0.25, 0.3) is 0 Å². The maximum Gasteiger partial charge on any atom is 0.238 e. The average Bonchev–Trinajstić information content (AvgIpc) is 1.85. The number of amides is 1. The van der Waals surface area contributed by atoms with Crippen molar-refractivity contribution < 1.29 is 9.59 Å². The quantitative estimate of drug-likeness (QED) is 0.573. The van der Waals surface area contributed by atoms with E-state index in [0.29, 0.717) is 6.42 Å². The Morgan fingerprint density at radius 1 is 1.20 bits per heavy atom. The average molecular weight is 142 g/mol. The first-order valence-corrected chi connectivity index (χ1v) is 3.43. The number of carbonyl (C=O) groups excluding carboxylic acids is 2. The van der Waals surface area contributed by atoms with E-state index in [2.05, 4.69) is 0 Å². The van der Waals surface area contributed by atoms with Crippen LogP contribution in [0.2, 0.25) is 0 Å². The fourth-order valence-corrected chi connectivity index (χ4v) is 0.657. The Hall–Kier alpha value is -0.860. The van der Waals surface area contributed by atoms with Crippen LogP contribution in [-0.2, 0) is 9.59 Å². The van der Waals surface area contributed by atoms with E-state index in [1.165, 1.54) is 0 Å². The van der Waals surface area contributed by atoms with Gasteiger partial charge < -0.3 is 0 Å². The second-order valence-electron chi connectivity index (χ2n) is 2.21. The molecule has 0 bridgehead atoms. The third-order valence-corrected chi connectivity index (χ3v) is 1.16. The normalized spacial score (nSPS) is 9.30. The van der Waals surface area contributed by atoms with Gasteiger partial charge in [0.2, 0.25) is 5.91 Å². The number of rotatable bonds is 5. The molecule has 0 aliphatic carbocycles. The zero-order valence-corrected chi connectivity index (χ0v) is 6.14. The van der Waals surface area contributed by atoms with Crippen LogP contribution in [-0.4, -0.2) is 11.7 Å². The van der Waals surface area contributed by atoms with Gasteiger partial charge in [-0.25, -0.2) is 0 Å². The Morgan fingerprint density at radius 2 is 1.80 bits per heavy atom. The van der Waals surface area contributed by atoms with E-state index >= 15 is 0 Å². The maximum absolute atomic E-state index is 10.7. The smallest absolute Gasteiger partial charge is 0.238 e. The van der Waals surface area contributed by atoms with Crippen molar-refractivity contribution in [3.05, 3.63) is 0 Å². The van der Waals surface area contributed by atoms with E-state index in [-0.39, 0.29) is 18.6 Å². The number of ketones is 1. The van der Waals surface area contributed by atoms with Gasteiger partial charge in [-0.2, -0.15) is 0 Å². The molecule has 0 rings (SSSR count). The molecule has 0 aromatic heterocycles. The topological polar surface area (TPSA) is 57.9 Å². The summed E-state index contributed by atoms with van der Waals surface area (Å²) in [5, 5.41) is 0. The molecule has 0 aliphatic rings. The first kappa shape index (κ1) is 9.14. The van der Waals surface area contributed by atoms with Crippen molar-refractivity contribution in [1.82, 2.24) is 5.73 Å². The lowest BCUT2D eigenvalue weighted by molar-refractivity contribution is -0.124.